The smallest absolute Gasteiger partial charge is 0.191 e. The van der Waals surface area contributed by atoms with E-state index in [1.807, 2.05) is 20.8 Å². The van der Waals surface area contributed by atoms with E-state index in [-0.39, 0.29) is 0 Å². The molecule has 0 unspecified atom stereocenters. The second-order valence-corrected chi connectivity index (χ2v) is 6.68. The molecule has 4 nitrogen and oxygen atoms in total. The van der Waals surface area contributed by atoms with Crippen LogP contribution < -0.4 is 10.6 Å². The molecule has 0 saturated heterocycles. The summed E-state index contributed by atoms with van der Waals surface area (Å²) in [6.07, 6.45) is 0.512. The van der Waals surface area contributed by atoms with Gasteiger partial charge >= 0.3 is 0 Å². The summed E-state index contributed by atoms with van der Waals surface area (Å²) in [5.41, 5.74) is 1.62. The predicted octanol–water partition coefficient (Wildman–Crippen LogP) is 3.34. The number of hydrogen-bond donors (Lipinski definition) is 2. The van der Waals surface area contributed by atoms with Crippen LogP contribution in [0.4, 0.5) is 8.78 Å². The Kier molecular flexibility index (Phi) is 6.66. The number of aromatic nitrogens is 1. The van der Waals surface area contributed by atoms with Gasteiger partial charge in [-0.3, -0.25) is 0 Å². The molecule has 0 saturated carbocycles. The molecule has 2 N–H and O–H groups in total. The lowest BCUT2D eigenvalue weighted by Gasteiger charge is -2.11. The molecule has 0 bridgehead atoms. The minimum atomic E-state index is -0.554. The van der Waals surface area contributed by atoms with Gasteiger partial charge in [0, 0.05) is 24.0 Å². The van der Waals surface area contributed by atoms with Crippen molar-refractivity contribution in [2.24, 2.45) is 4.99 Å². The summed E-state index contributed by atoms with van der Waals surface area (Å²) >= 11 is 1.64. The van der Waals surface area contributed by atoms with Crippen molar-refractivity contribution in [1.29, 1.82) is 0 Å². The zero-order chi connectivity index (χ0) is 17.5. The van der Waals surface area contributed by atoms with E-state index in [1.165, 1.54) is 12.1 Å². The Morgan fingerprint density at radius 1 is 1.17 bits per heavy atom. The van der Waals surface area contributed by atoms with Crippen LogP contribution in [-0.2, 0) is 13.0 Å². The fourth-order valence-electron chi connectivity index (χ4n) is 2.29. The van der Waals surface area contributed by atoms with Crippen molar-refractivity contribution in [1.82, 2.24) is 15.6 Å². The zero-order valence-electron chi connectivity index (χ0n) is 14.1. The largest absolute Gasteiger partial charge is 0.357 e. The lowest BCUT2D eigenvalue weighted by atomic mass is 10.1. The molecular formula is C17H22F2N4S. The fraction of sp³-hybridized carbons (Fsp3) is 0.412. The highest BCUT2D eigenvalue weighted by Gasteiger charge is 2.05. The van der Waals surface area contributed by atoms with Gasteiger partial charge in [-0.1, -0.05) is 0 Å². The van der Waals surface area contributed by atoms with Crippen LogP contribution in [0, 0.1) is 25.5 Å². The molecule has 2 rings (SSSR count). The topological polar surface area (TPSA) is 49.3 Å². The Morgan fingerprint density at radius 2 is 1.88 bits per heavy atom. The van der Waals surface area contributed by atoms with Gasteiger partial charge in [0.2, 0.25) is 0 Å². The summed E-state index contributed by atoms with van der Waals surface area (Å²) in [7, 11) is 0. The lowest BCUT2D eigenvalue weighted by Crippen LogP contribution is -2.38. The van der Waals surface area contributed by atoms with Gasteiger partial charge in [0.05, 0.1) is 17.2 Å². The SMILES string of the molecule is CCNC(=NCc1sc(C)nc1C)NCCc1cc(F)cc(F)c1. The van der Waals surface area contributed by atoms with Crippen molar-refractivity contribution in [2.75, 3.05) is 13.1 Å². The fourth-order valence-corrected chi connectivity index (χ4v) is 3.15. The van der Waals surface area contributed by atoms with Gasteiger partial charge in [-0.2, -0.15) is 0 Å². The molecule has 24 heavy (non-hydrogen) atoms. The molecule has 0 fully saturated rings. The normalized spacial score (nSPS) is 11.6. The maximum absolute atomic E-state index is 13.2. The molecule has 1 aromatic carbocycles. The maximum Gasteiger partial charge on any atom is 0.191 e. The van der Waals surface area contributed by atoms with E-state index in [9.17, 15) is 8.78 Å². The zero-order valence-corrected chi connectivity index (χ0v) is 14.9. The average Bonchev–Trinajstić information content (AvgIpc) is 2.81. The highest BCUT2D eigenvalue weighted by atomic mass is 32.1. The third-order valence-corrected chi connectivity index (χ3v) is 4.41. The molecule has 0 radical (unpaired) electrons. The summed E-state index contributed by atoms with van der Waals surface area (Å²) in [5.74, 6) is -0.428. The van der Waals surface area contributed by atoms with E-state index < -0.39 is 11.6 Å². The molecular weight excluding hydrogens is 330 g/mol. The monoisotopic (exact) mass is 352 g/mol. The number of nitrogens with one attached hydrogen (secondary N) is 2. The van der Waals surface area contributed by atoms with Gasteiger partial charge in [-0.05, 0) is 44.9 Å². The lowest BCUT2D eigenvalue weighted by molar-refractivity contribution is 0.579. The van der Waals surface area contributed by atoms with Crippen LogP contribution in [-0.4, -0.2) is 24.0 Å². The van der Waals surface area contributed by atoms with Crippen LogP contribution in [0.5, 0.6) is 0 Å². The van der Waals surface area contributed by atoms with Crippen molar-refractivity contribution < 1.29 is 8.78 Å². The predicted molar refractivity (Wildman–Crippen MR) is 94.5 cm³/mol. The Labute approximate surface area is 145 Å². The minimum absolute atomic E-state index is 0.512. The number of aliphatic imine (C=N–C) groups is 1. The van der Waals surface area contributed by atoms with Gasteiger partial charge in [0.1, 0.15) is 11.6 Å². The highest BCUT2D eigenvalue weighted by molar-refractivity contribution is 7.11. The van der Waals surface area contributed by atoms with Gasteiger partial charge < -0.3 is 10.6 Å². The number of hydrogen-bond acceptors (Lipinski definition) is 3. The molecule has 0 spiro atoms. The Morgan fingerprint density at radius 3 is 2.46 bits per heavy atom. The molecule has 1 aromatic heterocycles. The second kappa shape index (κ2) is 8.73. The standard InChI is InChI=1S/C17H22F2N4S/c1-4-20-17(22-10-16-11(2)23-12(3)24-16)21-6-5-13-7-14(18)9-15(19)8-13/h7-9H,4-6,10H2,1-3H3,(H2,20,21,22). The van der Waals surface area contributed by atoms with Gasteiger partial charge in [-0.15, -0.1) is 11.3 Å². The van der Waals surface area contributed by atoms with Gasteiger partial charge in [0.25, 0.3) is 0 Å². The van der Waals surface area contributed by atoms with E-state index in [0.717, 1.165) is 28.2 Å². The molecule has 130 valence electrons. The molecule has 0 aliphatic heterocycles. The Bertz CT molecular complexity index is 692. The first-order valence-electron chi connectivity index (χ1n) is 7.88. The summed E-state index contributed by atoms with van der Waals surface area (Å²) in [5, 5.41) is 7.38. The van der Waals surface area contributed by atoms with Crippen LogP contribution in [0.15, 0.2) is 23.2 Å². The van der Waals surface area contributed by atoms with Crippen molar-refractivity contribution >= 4 is 17.3 Å². The second-order valence-electron chi connectivity index (χ2n) is 5.39. The number of halogens is 2. The quantitative estimate of drug-likeness (QED) is 0.619. The minimum Gasteiger partial charge on any atom is -0.357 e. The van der Waals surface area contributed by atoms with E-state index >= 15 is 0 Å². The molecule has 1 heterocycles. The van der Waals surface area contributed by atoms with Gasteiger partial charge in [0.15, 0.2) is 5.96 Å². The van der Waals surface area contributed by atoms with E-state index in [0.29, 0.717) is 31.0 Å². The number of aryl methyl sites for hydroxylation is 2. The highest BCUT2D eigenvalue weighted by Crippen LogP contribution is 2.17. The molecule has 0 aliphatic rings. The average molecular weight is 352 g/mol. The van der Waals surface area contributed by atoms with E-state index in [1.54, 1.807) is 11.3 Å². The first-order valence-corrected chi connectivity index (χ1v) is 8.69. The molecule has 0 atom stereocenters. The summed E-state index contributed by atoms with van der Waals surface area (Å²) in [4.78, 5) is 10.1. The van der Waals surface area contributed by atoms with Crippen molar-refractivity contribution in [3.63, 3.8) is 0 Å². The third kappa shape index (κ3) is 5.56. The van der Waals surface area contributed by atoms with Gasteiger partial charge in [-0.25, -0.2) is 18.8 Å². The molecule has 0 aliphatic carbocycles. The van der Waals surface area contributed by atoms with Crippen molar-refractivity contribution in [3.05, 3.63) is 51.0 Å². The summed E-state index contributed by atoms with van der Waals surface area (Å²) < 4.78 is 26.4. The molecule has 2 aromatic rings. The number of guanidine groups is 1. The van der Waals surface area contributed by atoms with Crippen LogP contribution in [0.3, 0.4) is 0 Å². The van der Waals surface area contributed by atoms with Crippen molar-refractivity contribution in [3.8, 4) is 0 Å². The van der Waals surface area contributed by atoms with Crippen LogP contribution >= 0.6 is 11.3 Å². The number of thiazole rings is 1. The van der Waals surface area contributed by atoms with E-state index in [4.69, 9.17) is 0 Å². The third-order valence-electron chi connectivity index (χ3n) is 3.35. The van der Waals surface area contributed by atoms with Crippen molar-refractivity contribution in [2.45, 2.75) is 33.7 Å². The van der Waals surface area contributed by atoms with Crippen LogP contribution in [0.2, 0.25) is 0 Å². The first-order chi connectivity index (χ1) is 11.5. The van der Waals surface area contributed by atoms with Crippen LogP contribution in [0.25, 0.3) is 0 Å². The first kappa shape index (κ1) is 18.3. The Hall–Kier alpha value is -2.02. The van der Waals surface area contributed by atoms with Crippen LogP contribution in [0.1, 0.15) is 28.1 Å². The summed E-state index contributed by atoms with van der Waals surface area (Å²) in [6.45, 7) is 7.78. The molecule has 7 heteroatoms. The molecule has 0 amide bonds. The maximum atomic E-state index is 13.2. The number of nitrogens with zero attached hydrogens (tertiary/aromatic N) is 2. The van der Waals surface area contributed by atoms with E-state index in [2.05, 4.69) is 20.6 Å². The Balaban J connectivity index is 1.92. The summed E-state index contributed by atoms with van der Waals surface area (Å²) in [6, 6.07) is 3.57. The number of rotatable bonds is 6. The number of benzene rings is 1.